The fourth-order valence-electron chi connectivity index (χ4n) is 16.8. The molecule has 4 aliphatic rings. The van der Waals surface area contributed by atoms with Gasteiger partial charge in [0.15, 0.2) is 0 Å². The Bertz CT molecular complexity index is 5260. The van der Waals surface area contributed by atoms with E-state index in [1.807, 2.05) is 0 Å². The van der Waals surface area contributed by atoms with Gasteiger partial charge in [-0.2, -0.15) is 0 Å². The van der Waals surface area contributed by atoms with Gasteiger partial charge in [-0.05, 0) is 173 Å². The molecule has 3 heteroatoms. The second-order valence-corrected chi connectivity index (χ2v) is 26.6. The lowest BCUT2D eigenvalue weighted by Crippen LogP contribution is -2.24. The molecule has 0 saturated heterocycles. The summed E-state index contributed by atoms with van der Waals surface area (Å²) in [6.07, 6.45) is 1.98. The molecular weight excluding hydrogens is 1050 g/mol. The number of furan rings is 2. The Balaban J connectivity index is 0.830. The molecule has 4 aliphatic carbocycles. The Kier molecular flexibility index (Phi) is 10.4. The van der Waals surface area contributed by atoms with Crippen molar-refractivity contribution in [3.05, 3.63) is 293 Å². The van der Waals surface area contributed by atoms with Gasteiger partial charge in [-0.3, -0.25) is 0 Å². The molecule has 2 heterocycles. The molecule has 12 aromatic carbocycles. The van der Waals surface area contributed by atoms with Gasteiger partial charge >= 0.3 is 0 Å². The molecule has 0 radical (unpaired) electrons. The molecule has 18 rings (SSSR count). The van der Waals surface area contributed by atoms with E-state index in [4.69, 9.17) is 8.83 Å². The van der Waals surface area contributed by atoms with Gasteiger partial charge in [0.05, 0.1) is 5.69 Å². The molecular formula is C84H63NO2. The number of anilines is 3. The van der Waals surface area contributed by atoms with E-state index in [0.717, 1.165) is 68.6 Å². The second kappa shape index (κ2) is 18.0. The maximum Gasteiger partial charge on any atom is 0.144 e. The number of nitrogens with zero attached hydrogens (tertiary/aromatic N) is 1. The molecule has 0 aliphatic heterocycles. The van der Waals surface area contributed by atoms with Crippen LogP contribution in [0.3, 0.4) is 0 Å². The van der Waals surface area contributed by atoms with Gasteiger partial charge in [-0.1, -0.05) is 230 Å². The summed E-state index contributed by atoms with van der Waals surface area (Å²) in [5.74, 6) is 0.391. The topological polar surface area (TPSA) is 29.5 Å². The third kappa shape index (κ3) is 7.00. The highest BCUT2D eigenvalue weighted by Crippen LogP contribution is 2.64. The van der Waals surface area contributed by atoms with Crippen LogP contribution in [0.1, 0.15) is 97.5 Å². The average molecular weight is 1120 g/mol. The SMILES string of the molecule is CC1(C)c2cc(N(c3ccc4c(c3)C(C)(C)c3c5c(c6oc7ccccc7c6c3-4)-c3ccccc3C5(C)C)c3ccccc3-c3ccccc3)ccc2-c2c1cc(-c1ccc3c(c1)-c1ccccc1CC(c1ccccc1)C3)c1oc3ccccc3c21. The molecule has 0 fully saturated rings. The van der Waals surface area contributed by atoms with Crippen LogP contribution in [0.2, 0.25) is 0 Å². The second-order valence-electron chi connectivity index (χ2n) is 26.6. The van der Waals surface area contributed by atoms with Gasteiger partial charge < -0.3 is 13.7 Å². The third-order valence-corrected chi connectivity index (χ3v) is 20.8. The normalized spacial score (nSPS) is 16.0. The number of rotatable bonds is 6. The number of benzene rings is 12. The van der Waals surface area contributed by atoms with Crippen LogP contribution in [-0.4, -0.2) is 0 Å². The van der Waals surface area contributed by atoms with E-state index in [2.05, 4.69) is 289 Å². The van der Waals surface area contributed by atoms with Gasteiger partial charge in [-0.25, -0.2) is 0 Å². The van der Waals surface area contributed by atoms with Crippen molar-refractivity contribution >= 4 is 60.9 Å². The molecule has 0 bridgehead atoms. The summed E-state index contributed by atoms with van der Waals surface area (Å²) in [5, 5.41) is 4.70. The average Bonchev–Trinajstić information content (AvgIpc) is 1.52. The van der Waals surface area contributed by atoms with Gasteiger partial charge in [0.1, 0.15) is 22.3 Å². The van der Waals surface area contributed by atoms with Crippen LogP contribution in [0.15, 0.2) is 251 Å². The van der Waals surface area contributed by atoms with Crippen LogP contribution in [0.25, 0.3) is 111 Å². The lowest BCUT2D eigenvalue weighted by Gasteiger charge is -2.32. The van der Waals surface area contributed by atoms with Gasteiger partial charge in [-0.15, -0.1) is 0 Å². The molecule has 0 N–H and O–H groups in total. The standard InChI is InChI=1S/C84H63NO2/c1-82(2)67-46-55(39-41-60(67)73-69(82)48-65(80-75(73)62-31-17-21-35-71(62)86-80)53-38-37-52-44-54(49-23-9-7-10-24-49)43-51-27-13-14-28-57(51)64(52)45-53)85(70-34-20-16-29-58(70)50-25-11-8-12-26-50)56-40-42-61-68(47-56)84(5,6)78-74(61)76-63-32-18-22-36-72(63)87-81(76)77-59-30-15-19-33-66(59)83(3,4)79(77)78/h7-42,45-48,54H,43-44H2,1-6H3. The maximum absolute atomic E-state index is 7.15. The minimum absolute atomic E-state index is 0.255. The summed E-state index contributed by atoms with van der Waals surface area (Å²) in [5.41, 5.74) is 33.2. The van der Waals surface area contributed by atoms with Crippen molar-refractivity contribution in [3.8, 4) is 66.8 Å². The van der Waals surface area contributed by atoms with Crippen molar-refractivity contribution in [2.45, 2.75) is 76.5 Å². The van der Waals surface area contributed by atoms with Crippen molar-refractivity contribution in [1.82, 2.24) is 0 Å². The van der Waals surface area contributed by atoms with Crippen molar-refractivity contribution in [2.24, 2.45) is 0 Å². The first kappa shape index (κ1) is 50.4. The first-order valence-corrected chi connectivity index (χ1v) is 31.0. The molecule has 1 unspecified atom stereocenters. The fraction of sp³-hybridized carbons (Fsp3) is 0.143. The molecule has 0 amide bonds. The quantitative estimate of drug-likeness (QED) is 0.166. The lowest BCUT2D eigenvalue weighted by molar-refractivity contribution is 0.600. The van der Waals surface area contributed by atoms with E-state index in [-0.39, 0.29) is 10.8 Å². The Morgan fingerprint density at radius 2 is 0.874 bits per heavy atom. The Hall–Kier alpha value is -9.96. The molecule has 0 spiro atoms. The zero-order chi connectivity index (χ0) is 58.2. The van der Waals surface area contributed by atoms with Crippen LogP contribution in [-0.2, 0) is 29.1 Å². The van der Waals surface area contributed by atoms with Gasteiger partial charge in [0, 0.05) is 65.9 Å². The zero-order valence-corrected chi connectivity index (χ0v) is 49.8. The minimum atomic E-state index is -0.390. The summed E-state index contributed by atoms with van der Waals surface area (Å²) < 4.78 is 14.2. The predicted octanol–water partition coefficient (Wildman–Crippen LogP) is 22.8. The molecule has 87 heavy (non-hydrogen) atoms. The van der Waals surface area contributed by atoms with E-state index in [1.165, 1.54) is 122 Å². The van der Waals surface area contributed by atoms with Crippen LogP contribution in [0.5, 0.6) is 0 Å². The Labute approximate surface area is 507 Å². The Morgan fingerprint density at radius 1 is 0.345 bits per heavy atom. The summed E-state index contributed by atoms with van der Waals surface area (Å²) in [4.78, 5) is 2.54. The molecule has 3 nitrogen and oxygen atoms in total. The van der Waals surface area contributed by atoms with E-state index in [1.54, 1.807) is 0 Å². The first-order chi connectivity index (χ1) is 42.4. The monoisotopic (exact) mass is 1120 g/mol. The van der Waals surface area contributed by atoms with E-state index < -0.39 is 5.41 Å². The van der Waals surface area contributed by atoms with Crippen LogP contribution >= 0.6 is 0 Å². The largest absolute Gasteiger partial charge is 0.455 e. The minimum Gasteiger partial charge on any atom is -0.455 e. The lowest BCUT2D eigenvalue weighted by atomic mass is 9.72. The number of fused-ring (bicyclic) bond motifs is 22. The van der Waals surface area contributed by atoms with Crippen LogP contribution in [0, 0.1) is 0 Å². The maximum atomic E-state index is 7.15. The molecule has 14 aromatic rings. The summed E-state index contributed by atoms with van der Waals surface area (Å²) in [6.45, 7) is 14.6. The summed E-state index contributed by atoms with van der Waals surface area (Å²) >= 11 is 0. The predicted molar refractivity (Wildman–Crippen MR) is 361 cm³/mol. The van der Waals surface area contributed by atoms with Gasteiger partial charge in [0.25, 0.3) is 0 Å². The number of hydrogen-bond donors (Lipinski definition) is 0. The third-order valence-electron chi connectivity index (χ3n) is 20.8. The van der Waals surface area contributed by atoms with Crippen LogP contribution < -0.4 is 4.90 Å². The highest BCUT2D eigenvalue weighted by Gasteiger charge is 2.49. The van der Waals surface area contributed by atoms with Crippen molar-refractivity contribution < 1.29 is 8.83 Å². The van der Waals surface area contributed by atoms with E-state index >= 15 is 0 Å². The number of hydrogen-bond acceptors (Lipinski definition) is 3. The Morgan fingerprint density at radius 3 is 1.60 bits per heavy atom. The molecule has 2 aromatic heterocycles. The zero-order valence-electron chi connectivity index (χ0n) is 49.8. The summed E-state index contributed by atoms with van der Waals surface area (Å²) in [6, 6.07) is 90.7. The highest BCUT2D eigenvalue weighted by atomic mass is 16.3. The molecule has 1 atom stereocenters. The van der Waals surface area contributed by atoms with Crippen molar-refractivity contribution in [3.63, 3.8) is 0 Å². The molecule has 0 saturated carbocycles. The van der Waals surface area contributed by atoms with E-state index in [0.29, 0.717) is 5.92 Å². The van der Waals surface area contributed by atoms with Gasteiger partial charge in [0.2, 0.25) is 0 Å². The van der Waals surface area contributed by atoms with Crippen molar-refractivity contribution in [2.75, 3.05) is 4.90 Å². The first-order valence-electron chi connectivity index (χ1n) is 31.0. The summed E-state index contributed by atoms with van der Waals surface area (Å²) in [7, 11) is 0. The fourth-order valence-corrected chi connectivity index (χ4v) is 16.8. The highest BCUT2D eigenvalue weighted by molar-refractivity contribution is 6.22. The number of para-hydroxylation sites is 3. The smallest absolute Gasteiger partial charge is 0.144 e. The molecule has 416 valence electrons. The van der Waals surface area contributed by atoms with Crippen molar-refractivity contribution in [1.29, 1.82) is 0 Å². The van der Waals surface area contributed by atoms with Crippen LogP contribution in [0.4, 0.5) is 17.1 Å². The van der Waals surface area contributed by atoms with E-state index in [9.17, 15) is 0 Å².